The monoisotopic (exact) mass is 434 g/mol. The predicted octanol–water partition coefficient (Wildman–Crippen LogP) is 7.52. The number of hydrogen-bond acceptors (Lipinski definition) is 2. The van der Waals surface area contributed by atoms with Crippen LogP contribution in [0, 0.1) is 14.9 Å². The van der Waals surface area contributed by atoms with Gasteiger partial charge in [-0.2, -0.15) is 5.06 Å². The second-order valence-corrected chi connectivity index (χ2v) is 6.85. The molecule has 1 radical (unpaired) electrons. The Morgan fingerprint density at radius 1 is 0.621 bits per heavy atom. The van der Waals surface area contributed by atoms with Crippen LogP contribution in [-0.2, 0) is 18.6 Å². The number of benzene rings is 2. The van der Waals surface area contributed by atoms with Crippen LogP contribution in [0.3, 0.4) is 0 Å². The van der Waals surface area contributed by atoms with Gasteiger partial charge in [-0.25, -0.2) is 0 Å². The fourth-order valence-electron chi connectivity index (χ4n) is 3.16. The number of amides is 1. The SMILES string of the molecule is C1CCCC1.C1CCCC1.O=C(c1ccccc1)N(O)c1ccccc1.[CH3-].[CH3-].[V+2]. The van der Waals surface area contributed by atoms with Gasteiger partial charge in [0.2, 0.25) is 0 Å². The van der Waals surface area contributed by atoms with E-state index in [-0.39, 0.29) is 33.4 Å². The quantitative estimate of drug-likeness (QED) is 0.302. The molecular weight excluding hydrogens is 397 g/mol. The molecule has 4 heteroatoms. The summed E-state index contributed by atoms with van der Waals surface area (Å²) in [4.78, 5) is 11.8. The normalized spacial score (nSPS) is 13.7. The van der Waals surface area contributed by atoms with Gasteiger partial charge in [0.05, 0.1) is 5.69 Å². The molecule has 0 atom stereocenters. The Morgan fingerprint density at radius 2 is 0.931 bits per heavy atom. The van der Waals surface area contributed by atoms with Gasteiger partial charge in [-0.1, -0.05) is 101 Å². The second kappa shape index (κ2) is 18.5. The first-order chi connectivity index (χ1) is 12.8. The van der Waals surface area contributed by atoms with Gasteiger partial charge >= 0.3 is 18.6 Å². The zero-order valence-corrected chi connectivity index (χ0v) is 19.5. The predicted molar refractivity (Wildman–Crippen MR) is 120 cm³/mol. The number of nitrogens with zero attached hydrogens (tertiary/aromatic N) is 1. The van der Waals surface area contributed by atoms with Crippen molar-refractivity contribution in [2.45, 2.75) is 64.2 Å². The van der Waals surface area contributed by atoms with E-state index in [2.05, 4.69) is 0 Å². The molecule has 1 amide bonds. The standard InChI is InChI=1S/C13H11NO2.2C5H10.2CH3.V/c15-13(11-7-3-1-4-8-11)14(16)12-9-5-2-6-10-12;2*1-2-4-5-3-1;;;/h1-10,16H;2*1-5H2;2*1H3;/q;;;2*-1;+2. The summed E-state index contributed by atoms with van der Waals surface area (Å²) in [5, 5.41) is 10.4. The molecule has 1 N–H and O–H groups in total. The first kappa shape index (κ1) is 29.7. The minimum absolute atomic E-state index is 0. The van der Waals surface area contributed by atoms with Crippen molar-refractivity contribution in [2.24, 2.45) is 0 Å². The minimum atomic E-state index is -0.438. The summed E-state index contributed by atoms with van der Waals surface area (Å²) in [5.74, 6) is -0.438. The van der Waals surface area contributed by atoms with Gasteiger partial charge < -0.3 is 14.9 Å². The largest absolute Gasteiger partial charge is 2.00 e. The van der Waals surface area contributed by atoms with Gasteiger partial charge in [0.25, 0.3) is 5.91 Å². The number of carbonyl (C=O) groups is 1. The zero-order chi connectivity index (χ0) is 18.5. The Labute approximate surface area is 190 Å². The summed E-state index contributed by atoms with van der Waals surface area (Å²) in [5.41, 5.74) is 0.908. The molecule has 0 heterocycles. The van der Waals surface area contributed by atoms with Crippen molar-refractivity contribution < 1.29 is 28.6 Å². The van der Waals surface area contributed by atoms with Crippen LogP contribution < -0.4 is 5.06 Å². The van der Waals surface area contributed by atoms with Crippen LogP contribution in [0.2, 0.25) is 0 Å². The first-order valence-electron chi connectivity index (χ1n) is 9.92. The second-order valence-electron chi connectivity index (χ2n) is 6.85. The van der Waals surface area contributed by atoms with Crippen molar-refractivity contribution in [1.82, 2.24) is 0 Å². The molecule has 159 valence electrons. The molecule has 29 heavy (non-hydrogen) atoms. The van der Waals surface area contributed by atoms with Crippen LogP contribution in [0.1, 0.15) is 74.6 Å². The molecule has 2 aromatic rings. The summed E-state index contributed by atoms with van der Waals surface area (Å²) in [6.07, 6.45) is 15.0. The summed E-state index contributed by atoms with van der Waals surface area (Å²) >= 11 is 0. The van der Waals surface area contributed by atoms with Gasteiger partial charge in [-0.15, -0.1) is 0 Å². The number of carbonyl (C=O) groups excluding carboxylic acids is 1. The van der Waals surface area contributed by atoms with Crippen molar-refractivity contribution in [3.05, 3.63) is 81.1 Å². The van der Waals surface area contributed by atoms with E-state index in [1.807, 2.05) is 12.1 Å². The fraction of sp³-hybridized carbons (Fsp3) is 0.400. The van der Waals surface area contributed by atoms with Crippen molar-refractivity contribution in [1.29, 1.82) is 0 Å². The molecule has 2 saturated carbocycles. The third kappa shape index (κ3) is 11.9. The number of hydrogen-bond donors (Lipinski definition) is 1. The molecule has 0 saturated heterocycles. The van der Waals surface area contributed by atoms with E-state index in [1.165, 1.54) is 64.2 Å². The van der Waals surface area contributed by atoms with Gasteiger partial charge in [-0.3, -0.25) is 10.0 Å². The third-order valence-electron chi connectivity index (χ3n) is 4.71. The molecule has 0 bridgehead atoms. The molecule has 2 fully saturated rings. The Balaban J connectivity index is 0. The summed E-state index contributed by atoms with van der Waals surface area (Å²) in [7, 11) is 0. The van der Waals surface area contributed by atoms with Crippen LogP contribution in [0.15, 0.2) is 60.7 Å². The minimum Gasteiger partial charge on any atom is -0.358 e. The number of hydroxylamine groups is 1. The molecule has 0 aliphatic heterocycles. The van der Waals surface area contributed by atoms with Gasteiger partial charge in [0.15, 0.2) is 0 Å². The molecule has 0 unspecified atom stereocenters. The Hall–Kier alpha value is -1.55. The van der Waals surface area contributed by atoms with E-state index in [4.69, 9.17) is 0 Å². The van der Waals surface area contributed by atoms with E-state index in [9.17, 15) is 10.0 Å². The summed E-state index contributed by atoms with van der Waals surface area (Å²) < 4.78 is 0. The maximum Gasteiger partial charge on any atom is 2.00 e. The number of anilines is 1. The van der Waals surface area contributed by atoms with E-state index in [0.717, 1.165) is 0 Å². The first-order valence-corrected chi connectivity index (χ1v) is 9.92. The molecular formula is C25H37NO2V. The number of rotatable bonds is 2. The molecule has 3 nitrogen and oxygen atoms in total. The van der Waals surface area contributed by atoms with Crippen molar-refractivity contribution in [2.75, 3.05) is 5.06 Å². The van der Waals surface area contributed by atoms with Crippen molar-refractivity contribution >= 4 is 11.6 Å². The average Bonchev–Trinajstić information content (AvgIpc) is 3.47. The Bertz CT molecular complexity index is 586. The maximum absolute atomic E-state index is 11.8. The molecule has 2 aliphatic carbocycles. The van der Waals surface area contributed by atoms with Crippen LogP contribution in [0.25, 0.3) is 0 Å². The average molecular weight is 435 g/mol. The van der Waals surface area contributed by atoms with Gasteiger partial charge in [-0.05, 0) is 24.3 Å². The van der Waals surface area contributed by atoms with Crippen LogP contribution in [0.4, 0.5) is 5.69 Å². The summed E-state index contributed by atoms with van der Waals surface area (Å²) in [6, 6.07) is 17.3. The Morgan fingerprint density at radius 3 is 1.28 bits per heavy atom. The van der Waals surface area contributed by atoms with E-state index in [1.54, 1.807) is 48.5 Å². The number of para-hydroxylation sites is 1. The zero-order valence-electron chi connectivity index (χ0n) is 18.1. The smallest absolute Gasteiger partial charge is 0.358 e. The maximum atomic E-state index is 11.8. The Kier molecular flexibility index (Phi) is 18.9. The molecule has 0 spiro atoms. The molecule has 4 rings (SSSR count). The molecule has 2 aliphatic rings. The van der Waals surface area contributed by atoms with Gasteiger partial charge in [0.1, 0.15) is 0 Å². The topological polar surface area (TPSA) is 40.5 Å². The van der Waals surface area contributed by atoms with Crippen LogP contribution in [-0.4, -0.2) is 11.1 Å². The van der Waals surface area contributed by atoms with Crippen molar-refractivity contribution in [3.8, 4) is 0 Å². The third-order valence-corrected chi connectivity index (χ3v) is 4.71. The van der Waals surface area contributed by atoms with E-state index < -0.39 is 5.91 Å². The molecule has 0 aromatic heterocycles. The summed E-state index contributed by atoms with van der Waals surface area (Å²) in [6.45, 7) is 0. The van der Waals surface area contributed by atoms with E-state index >= 15 is 0 Å². The fourth-order valence-corrected chi connectivity index (χ4v) is 3.16. The van der Waals surface area contributed by atoms with Crippen LogP contribution in [0.5, 0.6) is 0 Å². The van der Waals surface area contributed by atoms with E-state index in [0.29, 0.717) is 16.3 Å². The van der Waals surface area contributed by atoms with Crippen LogP contribution >= 0.6 is 0 Å². The van der Waals surface area contributed by atoms with Gasteiger partial charge in [0, 0.05) is 5.56 Å². The molecule has 2 aromatic carbocycles. The van der Waals surface area contributed by atoms with Crippen molar-refractivity contribution in [3.63, 3.8) is 0 Å².